The molecule has 0 saturated heterocycles. The van der Waals surface area contributed by atoms with Crippen molar-refractivity contribution < 1.29 is 4.79 Å². The van der Waals surface area contributed by atoms with Crippen LogP contribution in [0.1, 0.15) is 10.4 Å². The van der Waals surface area contributed by atoms with Gasteiger partial charge in [0.25, 0.3) is 0 Å². The standard InChI is InChI=1S/C13H8BrN3OSe/c14-9-6-4-8(5-7-9)13(18)15-10-2-1-3-11-12(10)17-19-16-11/h1-7H,(H,15,18). The van der Waals surface area contributed by atoms with Crippen LogP contribution in [0.3, 0.4) is 0 Å². The van der Waals surface area contributed by atoms with Crippen molar-refractivity contribution in [3.8, 4) is 0 Å². The summed E-state index contributed by atoms with van der Waals surface area (Å²) in [7, 11) is 0. The van der Waals surface area contributed by atoms with Crippen molar-refractivity contribution in [1.82, 2.24) is 7.96 Å². The van der Waals surface area contributed by atoms with E-state index in [1.807, 2.05) is 30.3 Å². The van der Waals surface area contributed by atoms with Crippen LogP contribution < -0.4 is 5.32 Å². The summed E-state index contributed by atoms with van der Waals surface area (Å²) >= 11 is 3.25. The zero-order valence-electron chi connectivity index (χ0n) is 9.63. The van der Waals surface area contributed by atoms with E-state index >= 15 is 0 Å². The van der Waals surface area contributed by atoms with Gasteiger partial charge in [-0.05, 0) is 0 Å². The zero-order valence-corrected chi connectivity index (χ0v) is 12.9. The van der Waals surface area contributed by atoms with Crippen LogP contribution in [0.25, 0.3) is 11.0 Å². The summed E-state index contributed by atoms with van der Waals surface area (Å²) in [5.41, 5.74) is 2.97. The predicted octanol–water partition coefficient (Wildman–Crippen LogP) is 2.70. The third-order valence-electron chi connectivity index (χ3n) is 2.64. The molecular weight excluding hydrogens is 373 g/mol. The second kappa shape index (κ2) is 5.25. The number of anilines is 1. The number of nitrogens with one attached hydrogen (secondary N) is 1. The maximum atomic E-state index is 12.1. The molecule has 19 heavy (non-hydrogen) atoms. The molecule has 3 aromatic rings. The summed E-state index contributed by atoms with van der Waals surface area (Å²) < 4.78 is 9.57. The van der Waals surface area contributed by atoms with E-state index in [2.05, 4.69) is 29.2 Å². The number of carbonyl (C=O) groups excluding carboxylic acids is 1. The van der Waals surface area contributed by atoms with E-state index in [-0.39, 0.29) is 20.9 Å². The number of benzene rings is 2. The molecule has 4 nitrogen and oxygen atoms in total. The molecule has 0 fully saturated rings. The van der Waals surface area contributed by atoms with Crippen molar-refractivity contribution in [2.45, 2.75) is 0 Å². The SMILES string of the molecule is O=C(Nc1cccc2n[se]nc12)c1ccc(Br)cc1. The number of rotatable bonds is 2. The van der Waals surface area contributed by atoms with Gasteiger partial charge in [0.05, 0.1) is 0 Å². The second-order valence-corrected chi connectivity index (χ2v) is 5.92. The Morgan fingerprint density at radius 2 is 1.89 bits per heavy atom. The van der Waals surface area contributed by atoms with E-state index < -0.39 is 0 Å². The summed E-state index contributed by atoms with van der Waals surface area (Å²) in [6.07, 6.45) is 0. The Morgan fingerprint density at radius 3 is 2.68 bits per heavy atom. The van der Waals surface area contributed by atoms with E-state index in [1.54, 1.807) is 12.1 Å². The molecule has 0 atom stereocenters. The Bertz CT molecular complexity index is 739. The van der Waals surface area contributed by atoms with Crippen LogP contribution in [0.2, 0.25) is 0 Å². The van der Waals surface area contributed by atoms with Gasteiger partial charge in [0.1, 0.15) is 0 Å². The van der Waals surface area contributed by atoms with Crippen molar-refractivity contribution in [3.63, 3.8) is 0 Å². The van der Waals surface area contributed by atoms with Gasteiger partial charge in [-0.25, -0.2) is 0 Å². The first-order valence-electron chi connectivity index (χ1n) is 5.52. The molecule has 0 saturated carbocycles. The van der Waals surface area contributed by atoms with Gasteiger partial charge in [-0.3, -0.25) is 0 Å². The third-order valence-corrected chi connectivity index (χ3v) is 4.31. The van der Waals surface area contributed by atoms with Crippen molar-refractivity contribution >= 4 is 53.5 Å². The number of halogens is 1. The summed E-state index contributed by atoms with van der Waals surface area (Å²) in [6.45, 7) is 0. The fourth-order valence-electron chi connectivity index (χ4n) is 1.70. The van der Waals surface area contributed by atoms with Crippen molar-refractivity contribution in [3.05, 3.63) is 52.5 Å². The third kappa shape index (κ3) is 2.61. The first kappa shape index (κ1) is 12.5. The number of hydrogen-bond acceptors (Lipinski definition) is 3. The maximum absolute atomic E-state index is 12.1. The number of carbonyl (C=O) groups is 1. The summed E-state index contributed by atoms with van der Waals surface area (Å²) in [5, 5.41) is 2.88. The Labute approximate surface area is 124 Å². The Kier molecular flexibility index (Phi) is 3.46. The molecule has 0 aliphatic carbocycles. The molecule has 3 rings (SSSR count). The van der Waals surface area contributed by atoms with Crippen LogP contribution in [0.15, 0.2) is 46.9 Å². The molecule has 1 amide bonds. The van der Waals surface area contributed by atoms with Gasteiger partial charge in [-0.1, -0.05) is 0 Å². The quantitative estimate of drug-likeness (QED) is 0.695. The monoisotopic (exact) mass is 381 g/mol. The number of nitrogens with zero attached hydrogens (tertiary/aromatic N) is 2. The van der Waals surface area contributed by atoms with Crippen LogP contribution in [0.4, 0.5) is 5.69 Å². The predicted molar refractivity (Wildman–Crippen MR) is 78.6 cm³/mol. The fourth-order valence-corrected chi connectivity index (χ4v) is 3.12. The van der Waals surface area contributed by atoms with Crippen LogP contribution in [-0.2, 0) is 0 Å². The molecule has 0 aliphatic rings. The molecule has 6 heteroatoms. The van der Waals surface area contributed by atoms with E-state index in [1.165, 1.54) is 0 Å². The minimum absolute atomic E-state index is 0.0965. The zero-order chi connectivity index (χ0) is 13.2. The fraction of sp³-hybridized carbons (Fsp3) is 0. The van der Waals surface area contributed by atoms with E-state index in [0.717, 1.165) is 15.5 Å². The van der Waals surface area contributed by atoms with Gasteiger partial charge >= 0.3 is 124 Å². The van der Waals surface area contributed by atoms with Gasteiger partial charge < -0.3 is 0 Å². The van der Waals surface area contributed by atoms with Crippen LogP contribution >= 0.6 is 15.9 Å². The molecule has 2 aromatic carbocycles. The molecule has 1 N–H and O–H groups in total. The molecule has 0 unspecified atom stereocenters. The van der Waals surface area contributed by atoms with Gasteiger partial charge in [0.2, 0.25) is 0 Å². The van der Waals surface area contributed by atoms with Crippen molar-refractivity contribution in [2.24, 2.45) is 0 Å². The van der Waals surface area contributed by atoms with E-state index in [0.29, 0.717) is 11.3 Å². The molecule has 0 spiro atoms. The number of amides is 1. The number of fused-ring (bicyclic) bond motifs is 1. The van der Waals surface area contributed by atoms with Gasteiger partial charge in [-0.15, -0.1) is 0 Å². The summed E-state index contributed by atoms with van der Waals surface area (Å²) in [6, 6.07) is 12.8. The van der Waals surface area contributed by atoms with Crippen molar-refractivity contribution in [2.75, 3.05) is 5.32 Å². The minimum atomic E-state index is -0.143. The number of aromatic nitrogens is 2. The summed E-state index contributed by atoms with van der Waals surface area (Å²) in [5.74, 6) is -0.143. The Hall–Kier alpha value is -1.49. The average molecular weight is 381 g/mol. The molecule has 1 aromatic heterocycles. The molecule has 94 valence electrons. The second-order valence-electron chi connectivity index (χ2n) is 3.90. The van der Waals surface area contributed by atoms with E-state index in [9.17, 15) is 4.79 Å². The van der Waals surface area contributed by atoms with Crippen molar-refractivity contribution in [1.29, 1.82) is 0 Å². The van der Waals surface area contributed by atoms with Gasteiger partial charge in [0, 0.05) is 0 Å². The first-order chi connectivity index (χ1) is 9.24. The number of hydrogen-bond donors (Lipinski definition) is 1. The molecule has 0 radical (unpaired) electrons. The van der Waals surface area contributed by atoms with Crippen LogP contribution in [0, 0.1) is 0 Å². The topological polar surface area (TPSA) is 54.9 Å². The van der Waals surface area contributed by atoms with Crippen LogP contribution in [0.5, 0.6) is 0 Å². The molecular formula is C13H8BrN3OSe. The Morgan fingerprint density at radius 1 is 1.11 bits per heavy atom. The van der Waals surface area contributed by atoms with Gasteiger partial charge in [0.15, 0.2) is 0 Å². The molecule has 0 aliphatic heterocycles. The average Bonchev–Trinajstić information content (AvgIpc) is 2.89. The Balaban J connectivity index is 1.90. The van der Waals surface area contributed by atoms with Gasteiger partial charge in [-0.2, -0.15) is 0 Å². The molecule has 1 heterocycles. The first-order valence-corrected chi connectivity index (χ1v) is 7.85. The van der Waals surface area contributed by atoms with E-state index in [4.69, 9.17) is 0 Å². The normalized spacial score (nSPS) is 10.6. The summed E-state index contributed by atoms with van der Waals surface area (Å²) in [4.78, 5) is 12.1. The van der Waals surface area contributed by atoms with Crippen LogP contribution in [-0.4, -0.2) is 28.8 Å². The molecule has 0 bridgehead atoms.